The van der Waals surface area contributed by atoms with Gasteiger partial charge in [0.25, 0.3) is 0 Å². The van der Waals surface area contributed by atoms with Crippen molar-refractivity contribution in [3.8, 4) is 11.5 Å². The molecule has 28 heavy (non-hydrogen) atoms. The van der Waals surface area contributed by atoms with Crippen LogP contribution in [0.25, 0.3) is 22.6 Å². The number of nitrogens with one attached hydrogen (secondary N) is 2. The third-order valence-corrected chi connectivity index (χ3v) is 4.92. The van der Waals surface area contributed by atoms with Crippen LogP contribution in [0, 0.1) is 0 Å². The minimum atomic E-state index is -0.0835. The summed E-state index contributed by atoms with van der Waals surface area (Å²) < 4.78 is 5.91. The average Bonchev–Trinajstić information content (AvgIpc) is 3.11. The van der Waals surface area contributed by atoms with Gasteiger partial charge in [-0.25, -0.2) is 4.98 Å². The Bertz CT molecular complexity index is 979. The summed E-state index contributed by atoms with van der Waals surface area (Å²) in [6, 6.07) is 13.8. The molecule has 3 rings (SSSR count). The molecular formula is C22H25N3O2S. The Morgan fingerprint density at radius 3 is 2.61 bits per heavy atom. The number of carbonyl (C=O) groups excluding carboxylic acids is 1. The summed E-state index contributed by atoms with van der Waals surface area (Å²) in [5, 5.41) is 5.97. The van der Waals surface area contributed by atoms with Gasteiger partial charge >= 0.3 is 0 Å². The number of fused-ring (bicyclic) bond motifs is 1. The van der Waals surface area contributed by atoms with Gasteiger partial charge in [-0.2, -0.15) is 0 Å². The molecular weight excluding hydrogens is 370 g/mol. The fourth-order valence-corrected chi connectivity index (χ4v) is 3.12. The molecule has 0 aliphatic rings. The number of anilines is 1. The zero-order chi connectivity index (χ0) is 20.1. The van der Waals surface area contributed by atoms with E-state index in [1.165, 1.54) is 5.56 Å². The number of amides is 1. The van der Waals surface area contributed by atoms with E-state index in [9.17, 15) is 4.79 Å². The van der Waals surface area contributed by atoms with E-state index in [1.54, 1.807) is 0 Å². The van der Waals surface area contributed by atoms with Gasteiger partial charge < -0.3 is 15.1 Å². The molecule has 2 N–H and O–H groups in total. The highest BCUT2D eigenvalue weighted by Gasteiger charge is 2.11. The van der Waals surface area contributed by atoms with Crippen LogP contribution in [-0.4, -0.2) is 16.0 Å². The molecule has 0 saturated heterocycles. The minimum Gasteiger partial charge on any atom is -0.436 e. The monoisotopic (exact) mass is 395 g/mol. The van der Waals surface area contributed by atoms with Crippen LogP contribution in [0.3, 0.4) is 0 Å². The molecule has 0 aliphatic carbocycles. The van der Waals surface area contributed by atoms with Crippen molar-refractivity contribution in [2.45, 2.75) is 46.0 Å². The molecule has 0 bridgehead atoms. The average molecular weight is 396 g/mol. The first-order chi connectivity index (χ1) is 13.5. The first kappa shape index (κ1) is 20.0. The molecule has 1 heterocycles. The highest BCUT2D eigenvalue weighted by atomic mass is 32.1. The predicted molar refractivity (Wildman–Crippen MR) is 117 cm³/mol. The summed E-state index contributed by atoms with van der Waals surface area (Å²) in [4.78, 5) is 16.2. The highest BCUT2D eigenvalue weighted by Crippen LogP contribution is 2.28. The molecule has 5 nitrogen and oxygen atoms in total. The Kier molecular flexibility index (Phi) is 6.41. The van der Waals surface area contributed by atoms with Crippen LogP contribution in [0.15, 0.2) is 46.9 Å². The van der Waals surface area contributed by atoms with Gasteiger partial charge in [-0.05, 0) is 72.9 Å². The van der Waals surface area contributed by atoms with Gasteiger partial charge in [0.1, 0.15) is 5.52 Å². The number of thiocarbonyl (C=S) groups is 1. The number of carbonyl (C=O) groups is 1. The Morgan fingerprint density at radius 1 is 1.18 bits per heavy atom. The zero-order valence-electron chi connectivity index (χ0n) is 16.4. The molecule has 6 heteroatoms. The zero-order valence-corrected chi connectivity index (χ0v) is 17.2. The van der Waals surface area contributed by atoms with Gasteiger partial charge in [0.05, 0.1) is 0 Å². The van der Waals surface area contributed by atoms with Crippen LogP contribution < -0.4 is 10.6 Å². The lowest BCUT2D eigenvalue weighted by atomic mass is 9.98. The van der Waals surface area contributed by atoms with Crippen molar-refractivity contribution in [2.24, 2.45) is 0 Å². The van der Waals surface area contributed by atoms with Crippen molar-refractivity contribution in [2.75, 3.05) is 5.32 Å². The quantitative estimate of drug-likeness (QED) is 0.530. The van der Waals surface area contributed by atoms with Crippen LogP contribution in [0.1, 0.15) is 51.5 Å². The summed E-state index contributed by atoms with van der Waals surface area (Å²) in [7, 11) is 0. The van der Waals surface area contributed by atoms with Gasteiger partial charge in [-0.1, -0.05) is 26.8 Å². The number of benzene rings is 2. The van der Waals surface area contributed by atoms with E-state index in [0.29, 0.717) is 23.3 Å². The number of rotatable bonds is 6. The van der Waals surface area contributed by atoms with Crippen LogP contribution in [0.2, 0.25) is 0 Å². The molecule has 0 unspecified atom stereocenters. The maximum atomic E-state index is 11.6. The summed E-state index contributed by atoms with van der Waals surface area (Å²) in [5.41, 5.74) is 4.60. The molecule has 0 saturated carbocycles. The lowest BCUT2D eigenvalue weighted by molar-refractivity contribution is -0.119. The Balaban J connectivity index is 1.72. The van der Waals surface area contributed by atoms with Crippen molar-refractivity contribution in [3.05, 3.63) is 48.0 Å². The van der Waals surface area contributed by atoms with Crippen molar-refractivity contribution < 1.29 is 9.21 Å². The van der Waals surface area contributed by atoms with Crippen LogP contribution in [0.4, 0.5) is 5.69 Å². The van der Waals surface area contributed by atoms with Gasteiger partial charge in [-0.3, -0.25) is 4.79 Å². The SMILES string of the molecule is CCCC(=O)NC(=S)Nc1ccc(-c2nc3cc([C@@H](C)CC)ccc3o2)cc1. The minimum absolute atomic E-state index is 0.0835. The summed E-state index contributed by atoms with van der Waals surface area (Å²) in [5.74, 6) is 0.998. The van der Waals surface area contributed by atoms with Crippen molar-refractivity contribution in [1.82, 2.24) is 10.3 Å². The highest BCUT2D eigenvalue weighted by molar-refractivity contribution is 7.80. The molecule has 0 fully saturated rings. The summed E-state index contributed by atoms with van der Waals surface area (Å²) in [6.45, 7) is 6.34. The molecule has 1 atom stereocenters. The lowest BCUT2D eigenvalue weighted by Crippen LogP contribution is -2.33. The molecule has 0 aliphatic heterocycles. The van der Waals surface area contributed by atoms with Crippen molar-refractivity contribution in [1.29, 1.82) is 0 Å². The van der Waals surface area contributed by atoms with Gasteiger partial charge in [0, 0.05) is 17.7 Å². The second-order valence-corrected chi connectivity index (χ2v) is 7.29. The van der Waals surface area contributed by atoms with Crippen molar-refractivity contribution >= 4 is 40.0 Å². The lowest BCUT2D eigenvalue weighted by Gasteiger charge is -2.09. The molecule has 1 amide bonds. The van der Waals surface area contributed by atoms with E-state index < -0.39 is 0 Å². The van der Waals surface area contributed by atoms with E-state index >= 15 is 0 Å². The summed E-state index contributed by atoms with van der Waals surface area (Å²) in [6.07, 6.45) is 2.33. The molecule has 0 spiro atoms. The Hall–Kier alpha value is -2.73. The second kappa shape index (κ2) is 8.97. The first-order valence-electron chi connectivity index (χ1n) is 9.62. The maximum absolute atomic E-state index is 11.6. The van der Waals surface area contributed by atoms with Crippen molar-refractivity contribution in [3.63, 3.8) is 0 Å². The van der Waals surface area contributed by atoms with E-state index in [2.05, 4.69) is 41.6 Å². The van der Waals surface area contributed by atoms with E-state index in [0.717, 1.165) is 35.2 Å². The maximum Gasteiger partial charge on any atom is 0.227 e. The topological polar surface area (TPSA) is 67.2 Å². The number of aromatic nitrogens is 1. The van der Waals surface area contributed by atoms with Gasteiger partial charge in [-0.15, -0.1) is 0 Å². The Labute approximate surface area is 170 Å². The fourth-order valence-electron chi connectivity index (χ4n) is 2.88. The van der Waals surface area contributed by atoms with Crippen LogP contribution in [0.5, 0.6) is 0 Å². The first-order valence-corrected chi connectivity index (χ1v) is 10.0. The largest absolute Gasteiger partial charge is 0.436 e. The van der Waals surface area contributed by atoms with E-state index in [1.807, 2.05) is 37.3 Å². The number of hydrogen-bond acceptors (Lipinski definition) is 4. The third-order valence-electron chi connectivity index (χ3n) is 4.71. The van der Waals surface area contributed by atoms with E-state index in [4.69, 9.17) is 16.6 Å². The fraction of sp³-hybridized carbons (Fsp3) is 0.318. The number of nitrogens with zero attached hydrogens (tertiary/aromatic N) is 1. The van der Waals surface area contributed by atoms with Gasteiger partial charge in [0.2, 0.25) is 11.8 Å². The normalized spacial score (nSPS) is 12.0. The standard InChI is InChI=1S/C22H25N3O2S/c1-4-6-20(26)25-22(28)23-17-10-7-15(8-11-17)21-24-18-13-16(14(3)5-2)9-12-19(18)27-21/h7-14H,4-6H2,1-3H3,(H2,23,25,26,28)/t14-/m0/s1. The predicted octanol–water partition coefficient (Wildman–Crippen LogP) is 5.62. The van der Waals surface area contributed by atoms with E-state index in [-0.39, 0.29) is 5.91 Å². The van der Waals surface area contributed by atoms with Crippen LogP contribution in [-0.2, 0) is 4.79 Å². The molecule has 0 radical (unpaired) electrons. The molecule has 146 valence electrons. The second-order valence-electron chi connectivity index (χ2n) is 6.89. The summed E-state index contributed by atoms with van der Waals surface area (Å²) >= 11 is 5.17. The molecule has 2 aromatic carbocycles. The Morgan fingerprint density at radius 2 is 1.93 bits per heavy atom. The molecule has 1 aromatic heterocycles. The van der Waals surface area contributed by atoms with Crippen LogP contribution >= 0.6 is 12.2 Å². The third kappa shape index (κ3) is 4.75. The molecule has 3 aromatic rings. The number of hydrogen-bond donors (Lipinski definition) is 2. The van der Waals surface area contributed by atoms with Gasteiger partial charge in [0.15, 0.2) is 10.7 Å². The number of oxazole rings is 1. The smallest absolute Gasteiger partial charge is 0.227 e.